The Labute approximate surface area is 125 Å². The topological polar surface area (TPSA) is 53.7 Å². The molecule has 1 aliphatic carbocycles. The van der Waals surface area contributed by atoms with Crippen LogP contribution in [0.2, 0.25) is 5.04 Å². The Bertz CT molecular complexity index is 249. The lowest BCUT2D eigenvalue weighted by atomic mass is 9.92. The van der Waals surface area contributed by atoms with Crippen molar-refractivity contribution >= 4 is 8.80 Å². The molecule has 1 saturated carbocycles. The third-order valence-electron chi connectivity index (χ3n) is 4.48. The molecule has 120 valence electrons. The van der Waals surface area contributed by atoms with E-state index >= 15 is 0 Å². The number of nitrogens with two attached hydrogens (primary N) is 1. The molecule has 5 heteroatoms. The summed E-state index contributed by atoms with van der Waals surface area (Å²) in [5.74, 6) is 0. The molecular formula is C15H33NO3Si. The van der Waals surface area contributed by atoms with E-state index in [1.54, 1.807) is 0 Å². The van der Waals surface area contributed by atoms with Crippen molar-refractivity contribution in [2.45, 2.75) is 77.3 Å². The molecule has 0 heterocycles. The molecule has 1 fully saturated rings. The molecule has 1 atom stereocenters. The highest BCUT2D eigenvalue weighted by atomic mass is 28.4. The predicted octanol–water partition coefficient (Wildman–Crippen LogP) is 3.48. The van der Waals surface area contributed by atoms with Crippen molar-refractivity contribution in [3.8, 4) is 0 Å². The van der Waals surface area contributed by atoms with E-state index in [2.05, 4.69) is 6.92 Å². The predicted molar refractivity (Wildman–Crippen MR) is 84.7 cm³/mol. The highest BCUT2D eigenvalue weighted by molar-refractivity contribution is 6.64. The minimum absolute atomic E-state index is 0.0388. The van der Waals surface area contributed by atoms with Gasteiger partial charge in [-0.15, -0.1) is 0 Å². The van der Waals surface area contributed by atoms with Crippen LogP contribution in [-0.2, 0) is 13.3 Å². The largest absolute Gasteiger partial charge is 0.509 e. The van der Waals surface area contributed by atoms with Gasteiger partial charge >= 0.3 is 8.80 Å². The molecule has 0 spiro atoms. The molecule has 1 aliphatic rings. The summed E-state index contributed by atoms with van der Waals surface area (Å²) in [5.41, 5.74) is 6.44. The fourth-order valence-corrected chi connectivity index (χ4v) is 7.30. The molecule has 0 aromatic rings. The molecule has 0 aromatic carbocycles. The lowest BCUT2D eigenvalue weighted by Crippen LogP contribution is -2.62. The minimum atomic E-state index is -2.77. The highest BCUT2D eigenvalue weighted by Crippen LogP contribution is 2.52. The van der Waals surface area contributed by atoms with E-state index in [0.29, 0.717) is 19.8 Å². The van der Waals surface area contributed by atoms with Crippen LogP contribution in [0.3, 0.4) is 0 Å². The van der Waals surface area contributed by atoms with Crippen molar-refractivity contribution in [2.24, 2.45) is 5.73 Å². The Balaban J connectivity index is 3.19. The zero-order valence-electron chi connectivity index (χ0n) is 13.7. The second kappa shape index (κ2) is 8.49. The van der Waals surface area contributed by atoms with Gasteiger partial charge in [0.05, 0.1) is 5.04 Å². The smallest absolute Gasteiger partial charge is 0.373 e. The summed E-state index contributed by atoms with van der Waals surface area (Å²) in [4.78, 5) is 0. The molecule has 0 radical (unpaired) electrons. The average molecular weight is 304 g/mol. The van der Waals surface area contributed by atoms with Crippen LogP contribution in [0.25, 0.3) is 0 Å². The molecule has 0 saturated heterocycles. The second-order valence-electron chi connectivity index (χ2n) is 5.71. The van der Waals surface area contributed by atoms with E-state index in [4.69, 9.17) is 19.0 Å². The zero-order valence-corrected chi connectivity index (χ0v) is 14.7. The molecule has 20 heavy (non-hydrogen) atoms. The van der Waals surface area contributed by atoms with Crippen LogP contribution in [-0.4, -0.2) is 34.7 Å². The first-order valence-electron chi connectivity index (χ1n) is 8.26. The fourth-order valence-electron chi connectivity index (χ4n) is 3.53. The molecule has 2 N–H and O–H groups in total. The van der Waals surface area contributed by atoms with Gasteiger partial charge in [-0.05, 0) is 40.5 Å². The van der Waals surface area contributed by atoms with E-state index < -0.39 is 8.80 Å². The monoisotopic (exact) mass is 303 g/mol. The maximum Gasteiger partial charge on any atom is 0.509 e. The van der Waals surface area contributed by atoms with Gasteiger partial charge in [0.2, 0.25) is 0 Å². The van der Waals surface area contributed by atoms with Crippen LogP contribution in [0.1, 0.15) is 66.2 Å². The normalized spacial score (nSPS) is 21.4. The molecular weight excluding hydrogens is 270 g/mol. The first-order valence-corrected chi connectivity index (χ1v) is 9.98. The van der Waals surface area contributed by atoms with E-state index in [0.717, 1.165) is 12.8 Å². The van der Waals surface area contributed by atoms with Gasteiger partial charge < -0.3 is 19.0 Å². The van der Waals surface area contributed by atoms with Crippen molar-refractivity contribution in [1.29, 1.82) is 0 Å². The van der Waals surface area contributed by atoms with Crippen molar-refractivity contribution in [3.63, 3.8) is 0 Å². The Morgan fingerprint density at radius 2 is 1.30 bits per heavy atom. The van der Waals surface area contributed by atoms with E-state index in [-0.39, 0.29) is 11.1 Å². The van der Waals surface area contributed by atoms with Gasteiger partial charge in [-0.1, -0.05) is 25.7 Å². The highest BCUT2D eigenvalue weighted by Gasteiger charge is 2.62. The average Bonchev–Trinajstić information content (AvgIpc) is 2.66. The van der Waals surface area contributed by atoms with E-state index in [1.165, 1.54) is 25.7 Å². The molecule has 0 aromatic heterocycles. The summed E-state index contributed by atoms with van der Waals surface area (Å²) in [6, 6.07) is 0.0388. The quantitative estimate of drug-likeness (QED) is 0.551. The summed E-state index contributed by atoms with van der Waals surface area (Å²) in [7, 11) is -2.77. The molecule has 4 nitrogen and oxygen atoms in total. The second-order valence-corrected chi connectivity index (χ2v) is 8.69. The fraction of sp³-hybridized carbons (Fsp3) is 1.00. The maximum atomic E-state index is 6.44. The third-order valence-corrected chi connectivity index (χ3v) is 8.66. The van der Waals surface area contributed by atoms with Crippen LogP contribution in [0, 0.1) is 0 Å². The Morgan fingerprint density at radius 1 is 0.900 bits per heavy atom. The summed E-state index contributed by atoms with van der Waals surface area (Å²) < 4.78 is 18.6. The van der Waals surface area contributed by atoms with Crippen molar-refractivity contribution in [3.05, 3.63) is 0 Å². The first kappa shape index (κ1) is 18.1. The molecule has 0 amide bonds. The molecule has 1 unspecified atom stereocenters. The number of hydrogen-bond donors (Lipinski definition) is 1. The van der Waals surface area contributed by atoms with Crippen molar-refractivity contribution in [1.82, 2.24) is 0 Å². The van der Waals surface area contributed by atoms with Crippen LogP contribution < -0.4 is 5.73 Å². The third kappa shape index (κ3) is 3.63. The van der Waals surface area contributed by atoms with Gasteiger partial charge in [-0.3, -0.25) is 0 Å². The lowest BCUT2D eigenvalue weighted by molar-refractivity contribution is 0.0339. The van der Waals surface area contributed by atoms with Crippen LogP contribution in [0.15, 0.2) is 0 Å². The molecule has 0 bridgehead atoms. The van der Waals surface area contributed by atoms with Gasteiger partial charge in [0.25, 0.3) is 0 Å². The lowest BCUT2D eigenvalue weighted by Gasteiger charge is -2.47. The molecule has 0 aliphatic heterocycles. The van der Waals surface area contributed by atoms with Crippen molar-refractivity contribution in [2.75, 3.05) is 19.8 Å². The molecule has 1 rings (SSSR count). The van der Waals surface area contributed by atoms with E-state index in [1.807, 2.05) is 20.8 Å². The van der Waals surface area contributed by atoms with Gasteiger partial charge in [-0.2, -0.15) is 0 Å². The number of hydrogen-bond acceptors (Lipinski definition) is 4. The van der Waals surface area contributed by atoms with Gasteiger partial charge in [0, 0.05) is 25.9 Å². The summed E-state index contributed by atoms with van der Waals surface area (Å²) in [5, 5.41) is -0.120. The van der Waals surface area contributed by atoms with Gasteiger partial charge in [0.15, 0.2) is 0 Å². The number of rotatable bonds is 8. The zero-order chi connectivity index (χ0) is 15.1. The Kier molecular flexibility index (Phi) is 7.68. The van der Waals surface area contributed by atoms with Crippen LogP contribution in [0.4, 0.5) is 0 Å². The Morgan fingerprint density at radius 3 is 1.60 bits per heavy atom. The first-order chi connectivity index (χ1) is 9.58. The summed E-state index contributed by atoms with van der Waals surface area (Å²) in [6.07, 6.45) is 7.09. The SMILES string of the molecule is CCO[Si](OCC)(OCC)C1(C(C)N)CCCCCC1. The standard InChI is InChI=1S/C15H33NO3Si/c1-5-17-20(18-6-2,19-7-3)15(14(4)16)12-10-8-9-11-13-15/h14H,5-13,16H2,1-4H3. The Hall–Kier alpha value is 0.0569. The summed E-state index contributed by atoms with van der Waals surface area (Å²) in [6.45, 7) is 10.0. The van der Waals surface area contributed by atoms with Crippen LogP contribution in [0.5, 0.6) is 0 Å². The van der Waals surface area contributed by atoms with Gasteiger partial charge in [0.1, 0.15) is 0 Å². The van der Waals surface area contributed by atoms with Crippen LogP contribution >= 0.6 is 0 Å². The van der Waals surface area contributed by atoms with Crippen molar-refractivity contribution < 1.29 is 13.3 Å². The van der Waals surface area contributed by atoms with E-state index in [9.17, 15) is 0 Å². The minimum Gasteiger partial charge on any atom is -0.373 e. The van der Waals surface area contributed by atoms with Gasteiger partial charge in [-0.25, -0.2) is 0 Å². The summed E-state index contributed by atoms with van der Waals surface area (Å²) >= 11 is 0. The maximum absolute atomic E-state index is 6.44.